The van der Waals surface area contributed by atoms with Gasteiger partial charge in [-0.25, -0.2) is 13.4 Å². The Kier molecular flexibility index (Phi) is 5.70. The predicted molar refractivity (Wildman–Crippen MR) is 126 cm³/mol. The van der Waals surface area contributed by atoms with E-state index in [1.165, 1.54) is 10.5 Å². The maximum absolute atomic E-state index is 13.6. The van der Waals surface area contributed by atoms with Gasteiger partial charge in [0, 0.05) is 44.0 Å². The Bertz CT molecular complexity index is 1320. The molecule has 1 aliphatic rings. The van der Waals surface area contributed by atoms with Gasteiger partial charge in [-0.05, 0) is 23.3 Å². The summed E-state index contributed by atoms with van der Waals surface area (Å²) in [6.07, 6.45) is 3.11. The summed E-state index contributed by atoms with van der Waals surface area (Å²) in [6, 6.07) is 22.9. The fourth-order valence-corrected chi connectivity index (χ4v) is 5.96. The van der Waals surface area contributed by atoms with Gasteiger partial charge in [-0.1, -0.05) is 60.7 Å². The highest BCUT2D eigenvalue weighted by atomic mass is 32.2. The van der Waals surface area contributed by atoms with Gasteiger partial charge in [0.15, 0.2) is 0 Å². The van der Waals surface area contributed by atoms with Crippen molar-refractivity contribution in [3.63, 3.8) is 0 Å². The Morgan fingerprint density at radius 2 is 1.45 bits per heavy atom. The van der Waals surface area contributed by atoms with Gasteiger partial charge in [0.05, 0.1) is 5.92 Å². The van der Waals surface area contributed by atoms with Gasteiger partial charge in [-0.3, -0.25) is 4.79 Å². The Balaban J connectivity index is 1.36. The molecule has 8 heteroatoms. The summed E-state index contributed by atoms with van der Waals surface area (Å²) in [7, 11) is -3.69. The molecule has 0 saturated carbocycles. The first-order valence-corrected chi connectivity index (χ1v) is 12.3. The number of rotatable bonds is 5. The number of aromatic amines is 1. The normalized spacial score (nSPS) is 15.2. The highest BCUT2D eigenvalue weighted by Gasteiger charge is 2.34. The summed E-state index contributed by atoms with van der Waals surface area (Å²) in [6.45, 7) is 1.18. The predicted octanol–water partition coefficient (Wildman–Crippen LogP) is 3.23. The van der Waals surface area contributed by atoms with E-state index < -0.39 is 15.9 Å². The van der Waals surface area contributed by atoms with Crippen LogP contribution in [0.3, 0.4) is 0 Å². The van der Waals surface area contributed by atoms with Gasteiger partial charge in [-0.15, -0.1) is 0 Å². The van der Waals surface area contributed by atoms with Gasteiger partial charge >= 0.3 is 0 Å². The van der Waals surface area contributed by atoms with E-state index in [9.17, 15) is 13.2 Å². The maximum atomic E-state index is 13.6. The van der Waals surface area contributed by atoms with Crippen LogP contribution in [0.4, 0.5) is 0 Å². The second-order valence-corrected chi connectivity index (χ2v) is 9.94. The number of nitrogens with one attached hydrogen (secondary N) is 1. The molecule has 0 atom stereocenters. The van der Waals surface area contributed by atoms with E-state index in [0.29, 0.717) is 24.1 Å². The zero-order chi connectivity index (χ0) is 22.8. The topological polar surface area (TPSA) is 86.4 Å². The van der Waals surface area contributed by atoms with E-state index in [4.69, 9.17) is 0 Å². The smallest absolute Gasteiger partial charge is 0.245 e. The fourth-order valence-electron chi connectivity index (χ4n) is 4.38. The molecule has 33 heavy (non-hydrogen) atoms. The Morgan fingerprint density at radius 1 is 0.848 bits per heavy atom. The van der Waals surface area contributed by atoms with Crippen LogP contribution in [0.2, 0.25) is 0 Å². The number of nitrogens with zero attached hydrogens (tertiary/aromatic N) is 3. The van der Waals surface area contributed by atoms with Crippen molar-refractivity contribution in [2.45, 2.75) is 10.8 Å². The summed E-state index contributed by atoms with van der Waals surface area (Å²) in [5, 5.41) is 0.573. The Morgan fingerprint density at radius 3 is 2.06 bits per heavy atom. The average molecular weight is 461 g/mol. The molecule has 1 amide bonds. The molecular formula is C25H24N4O3S. The lowest BCUT2D eigenvalue weighted by atomic mass is 9.90. The fraction of sp³-hybridized carbons (Fsp3) is 0.200. The minimum atomic E-state index is -3.69. The first kappa shape index (κ1) is 21.4. The van der Waals surface area contributed by atoms with Crippen LogP contribution in [-0.4, -0.2) is 59.7 Å². The largest absolute Gasteiger partial charge is 0.345 e. The van der Waals surface area contributed by atoms with E-state index in [1.807, 2.05) is 60.7 Å². The second-order valence-electron chi connectivity index (χ2n) is 8.04. The number of fused-ring (bicyclic) bond motifs is 1. The summed E-state index contributed by atoms with van der Waals surface area (Å²) < 4.78 is 28.0. The van der Waals surface area contributed by atoms with Crippen molar-refractivity contribution in [3.8, 4) is 0 Å². The number of carbonyl (C=O) groups is 1. The lowest BCUT2D eigenvalue weighted by Crippen LogP contribution is -2.51. The first-order valence-electron chi connectivity index (χ1n) is 10.9. The molecule has 0 spiro atoms. The first-order chi connectivity index (χ1) is 16.1. The molecule has 3 heterocycles. The quantitative estimate of drug-likeness (QED) is 0.495. The van der Waals surface area contributed by atoms with E-state index >= 15 is 0 Å². The van der Waals surface area contributed by atoms with Crippen LogP contribution in [-0.2, 0) is 14.8 Å². The molecule has 0 radical (unpaired) electrons. The third-order valence-electron chi connectivity index (χ3n) is 6.09. The van der Waals surface area contributed by atoms with Gasteiger partial charge in [0.1, 0.15) is 10.5 Å². The molecule has 1 aliphatic heterocycles. The third kappa shape index (κ3) is 4.03. The average Bonchev–Trinajstić information content (AvgIpc) is 3.31. The van der Waals surface area contributed by atoms with Crippen LogP contribution in [0, 0.1) is 0 Å². The van der Waals surface area contributed by atoms with Crippen molar-refractivity contribution in [2.24, 2.45) is 0 Å². The number of amides is 1. The molecule has 0 unspecified atom stereocenters. The van der Waals surface area contributed by atoms with Crippen LogP contribution in [0.5, 0.6) is 0 Å². The number of carbonyl (C=O) groups excluding carboxylic acids is 1. The lowest BCUT2D eigenvalue weighted by Gasteiger charge is -2.36. The lowest BCUT2D eigenvalue weighted by molar-refractivity contribution is -0.133. The number of hydrogen-bond acceptors (Lipinski definition) is 4. The molecule has 1 N–H and O–H groups in total. The Labute approximate surface area is 192 Å². The standard InChI is InChI=1S/C25H24N4O3S/c30-25(23(19-8-3-1-4-9-19)20-10-5-2-6-11-20)28-14-16-29(17-15-28)33(31,32)22-18-27-24-21(22)12-7-13-26-24/h1-13,18,23H,14-17H2,(H,26,27). The molecule has 1 saturated heterocycles. The number of aromatic nitrogens is 2. The van der Waals surface area contributed by atoms with Crippen molar-refractivity contribution in [1.29, 1.82) is 0 Å². The van der Waals surface area contributed by atoms with Crippen molar-refractivity contribution < 1.29 is 13.2 Å². The molecule has 5 rings (SSSR count). The molecule has 4 aromatic rings. The molecular weight excluding hydrogens is 436 g/mol. The van der Waals surface area contributed by atoms with E-state index in [2.05, 4.69) is 9.97 Å². The van der Waals surface area contributed by atoms with Crippen molar-refractivity contribution in [3.05, 3.63) is 96.3 Å². The van der Waals surface area contributed by atoms with Gasteiger partial charge < -0.3 is 9.88 Å². The Hall–Kier alpha value is -3.49. The third-order valence-corrected chi connectivity index (χ3v) is 8.03. The zero-order valence-corrected chi connectivity index (χ0v) is 18.8. The van der Waals surface area contributed by atoms with Crippen LogP contribution < -0.4 is 0 Å². The van der Waals surface area contributed by atoms with Crippen LogP contribution in [0.25, 0.3) is 11.0 Å². The highest BCUT2D eigenvalue weighted by Crippen LogP contribution is 2.29. The number of benzene rings is 2. The number of sulfonamides is 1. The van der Waals surface area contributed by atoms with E-state index in [-0.39, 0.29) is 23.9 Å². The molecule has 2 aromatic carbocycles. The highest BCUT2D eigenvalue weighted by molar-refractivity contribution is 7.89. The number of H-pyrrole nitrogens is 1. The zero-order valence-electron chi connectivity index (χ0n) is 18.0. The van der Waals surface area contributed by atoms with Crippen LogP contribution >= 0.6 is 0 Å². The van der Waals surface area contributed by atoms with Crippen molar-refractivity contribution >= 4 is 27.0 Å². The number of hydrogen-bond donors (Lipinski definition) is 1. The van der Waals surface area contributed by atoms with E-state index in [0.717, 1.165) is 11.1 Å². The van der Waals surface area contributed by atoms with Gasteiger partial charge in [0.2, 0.25) is 15.9 Å². The second kappa shape index (κ2) is 8.80. The van der Waals surface area contributed by atoms with Crippen molar-refractivity contribution in [1.82, 2.24) is 19.2 Å². The summed E-state index contributed by atoms with van der Waals surface area (Å²) in [5.41, 5.74) is 2.39. The molecule has 1 fully saturated rings. The summed E-state index contributed by atoms with van der Waals surface area (Å²) in [4.78, 5) is 22.7. The van der Waals surface area contributed by atoms with Gasteiger partial charge in [-0.2, -0.15) is 4.31 Å². The van der Waals surface area contributed by atoms with E-state index in [1.54, 1.807) is 23.2 Å². The number of pyridine rings is 1. The molecule has 0 bridgehead atoms. The number of piperazine rings is 1. The minimum Gasteiger partial charge on any atom is -0.345 e. The SMILES string of the molecule is O=C(C(c1ccccc1)c1ccccc1)N1CCN(S(=O)(=O)c2c[nH]c3ncccc23)CC1. The van der Waals surface area contributed by atoms with Crippen LogP contribution in [0.1, 0.15) is 17.0 Å². The maximum Gasteiger partial charge on any atom is 0.245 e. The van der Waals surface area contributed by atoms with Crippen LogP contribution in [0.15, 0.2) is 90.1 Å². The molecule has 7 nitrogen and oxygen atoms in total. The minimum absolute atomic E-state index is 0.0132. The van der Waals surface area contributed by atoms with Gasteiger partial charge in [0.25, 0.3) is 0 Å². The molecule has 0 aliphatic carbocycles. The summed E-state index contributed by atoms with van der Waals surface area (Å²) in [5.74, 6) is -0.434. The monoisotopic (exact) mass is 460 g/mol. The molecule has 168 valence electrons. The molecule has 2 aromatic heterocycles. The van der Waals surface area contributed by atoms with Crippen molar-refractivity contribution in [2.75, 3.05) is 26.2 Å². The summed E-state index contributed by atoms with van der Waals surface area (Å²) >= 11 is 0.